The summed E-state index contributed by atoms with van der Waals surface area (Å²) >= 11 is 0. The summed E-state index contributed by atoms with van der Waals surface area (Å²) < 4.78 is 5.32. The molecule has 0 spiro atoms. The average molecular weight is 298 g/mol. The van der Waals surface area contributed by atoms with Gasteiger partial charge < -0.3 is 4.74 Å². The van der Waals surface area contributed by atoms with Crippen molar-refractivity contribution in [3.05, 3.63) is 48.0 Å². The normalized spacial score (nSPS) is 32.0. The molecule has 3 unspecified atom stereocenters. The first-order chi connectivity index (χ1) is 10.4. The van der Waals surface area contributed by atoms with Gasteiger partial charge in [0.25, 0.3) is 0 Å². The van der Waals surface area contributed by atoms with Gasteiger partial charge in [-0.1, -0.05) is 51.6 Å². The molecule has 0 aromatic heterocycles. The molecule has 118 valence electrons. The summed E-state index contributed by atoms with van der Waals surface area (Å²) in [5, 5.41) is 0. The number of carbonyl (C=O) groups is 1. The van der Waals surface area contributed by atoms with Crippen LogP contribution in [0.1, 0.15) is 51.2 Å². The van der Waals surface area contributed by atoms with Crippen LogP contribution in [-0.2, 0) is 21.6 Å². The van der Waals surface area contributed by atoms with E-state index in [1.54, 1.807) is 0 Å². The molecule has 0 N–H and O–H groups in total. The van der Waals surface area contributed by atoms with Crippen LogP contribution in [-0.4, -0.2) is 5.97 Å². The van der Waals surface area contributed by atoms with E-state index in [9.17, 15) is 4.79 Å². The van der Waals surface area contributed by atoms with E-state index in [1.165, 1.54) is 30.9 Å². The van der Waals surface area contributed by atoms with Crippen LogP contribution >= 0.6 is 0 Å². The van der Waals surface area contributed by atoms with E-state index in [0.717, 1.165) is 11.5 Å². The predicted molar refractivity (Wildman–Crippen MR) is 88.4 cm³/mol. The van der Waals surface area contributed by atoms with E-state index in [1.807, 2.05) is 6.07 Å². The molecule has 1 aromatic carbocycles. The Morgan fingerprint density at radius 3 is 2.73 bits per heavy atom. The van der Waals surface area contributed by atoms with Crippen LogP contribution in [0, 0.1) is 17.3 Å². The molecule has 3 aliphatic carbocycles. The summed E-state index contributed by atoms with van der Waals surface area (Å²) in [6.07, 6.45) is 5.15. The van der Waals surface area contributed by atoms with Gasteiger partial charge in [0.15, 0.2) is 0 Å². The van der Waals surface area contributed by atoms with Crippen molar-refractivity contribution >= 4 is 5.97 Å². The molecule has 0 saturated heterocycles. The molecular formula is C20H26O2. The summed E-state index contributed by atoms with van der Waals surface area (Å²) in [5.74, 6) is 1.14. The van der Waals surface area contributed by atoms with E-state index < -0.39 is 0 Å². The monoisotopic (exact) mass is 298 g/mol. The fourth-order valence-corrected chi connectivity index (χ4v) is 5.15. The van der Waals surface area contributed by atoms with Gasteiger partial charge in [0.05, 0.1) is 0 Å². The van der Waals surface area contributed by atoms with Crippen LogP contribution in [0.15, 0.2) is 36.9 Å². The second-order valence-electron chi connectivity index (χ2n) is 7.54. The fourth-order valence-electron chi connectivity index (χ4n) is 5.15. The summed E-state index contributed by atoms with van der Waals surface area (Å²) in [6.45, 7) is 11.0. The Morgan fingerprint density at radius 1 is 1.36 bits per heavy atom. The zero-order valence-corrected chi connectivity index (χ0v) is 13.9. The lowest BCUT2D eigenvalue weighted by atomic mass is 9.35. The van der Waals surface area contributed by atoms with E-state index in [0.29, 0.717) is 17.9 Å². The molecule has 2 heteroatoms. The largest absolute Gasteiger partial charge is 0.458 e. The highest BCUT2D eigenvalue weighted by atomic mass is 16.5. The van der Waals surface area contributed by atoms with Gasteiger partial charge in [0.2, 0.25) is 0 Å². The molecule has 2 nitrogen and oxygen atoms in total. The first kappa shape index (κ1) is 15.3. The minimum absolute atomic E-state index is 0.229. The number of benzene rings is 1. The number of esters is 1. The highest BCUT2D eigenvalue weighted by Crippen LogP contribution is 2.70. The van der Waals surface area contributed by atoms with Gasteiger partial charge in [-0.2, -0.15) is 0 Å². The van der Waals surface area contributed by atoms with E-state index in [2.05, 4.69) is 45.5 Å². The van der Waals surface area contributed by atoms with Gasteiger partial charge in [-0.05, 0) is 47.6 Å². The second-order valence-corrected chi connectivity index (χ2v) is 7.54. The van der Waals surface area contributed by atoms with Crippen molar-refractivity contribution in [1.82, 2.24) is 0 Å². The van der Waals surface area contributed by atoms with Crippen LogP contribution in [0.2, 0.25) is 0 Å². The second kappa shape index (κ2) is 5.26. The molecule has 22 heavy (non-hydrogen) atoms. The number of fused-ring (bicyclic) bond motifs is 2. The quantitative estimate of drug-likeness (QED) is 0.598. The number of ether oxygens (including phenoxy) is 1. The van der Waals surface area contributed by atoms with Gasteiger partial charge >= 0.3 is 5.97 Å². The molecule has 1 aromatic rings. The molecule has 0 heterocycles. The maximum atomic E-state index is 11.4. The Labute approximate surface area is 133 Å². The summed E-state index contributed by atoms with van der Waals surface area (Å²) in [4.78, 5) is 11.4. The lowest BCUT2D eigenvalue weighted by Crippen LogP contribution is -2.64. The third-order valence-corrected chi connectivity index (χ3v) is 6.56. The SMILES string of the molecule is C=CC(=O)OCc1ccccc1C12CC(CCC1C)C2(C)C. The van der Waals surface area contributed by atoms with Crippen molar-refractivity contribution in [2.45, 2.75) is 52.1 Å². The zero-order chi connectivity index (χ0) is 16.0. The Balaban J connectivity index is 1.97. The summed E-state index contributed by atoms with van der Waals surface area (Å²) in [5.41, 5.74) is 3.09. The van der Waals surface area contributed by atoms with Crippen LogP contribution in [0.4, 0.5) is 0 Å². The minimum Gasteiger partial charge on any atom is -0.458 e. The summed E-state index contributed by atoms with van der Waals surface area (Å²) in [6, 6.07) is 8.50. The standard InChI is InChI=1S/C20H26O2/c1-5-18(21)22-13-15-8-6-7-9-17(15)20-12-16(19(20,3)4)11-10-14(20)2/h5-9,14,16H,1,10-13H2,2-4H3. The number of carbonyl (C=O) groups excluding carboxylic acids is 1. The Hall–Kier alpha value is -1.57. The van der Waals surface area contributed by atoms with Crippen molar-refractivity contribution in [2.75, 3.05) is 0 Å². The molecule has 3 fully saturated rings. The smallest absolute Gasteiger partial charge is 0.330 e. The van der Waals surface area contributed by atoms with Gasteiger partial charge in [-0.25, -0.2) is 4.79 Å². The Kier molecular flexibility index (Phi) is 3.66. The first-order valence-electron chi connectivity index (χ1n) is 8.31. The van der Waals surface area contributed by atoms with Gasteiger partial charge in [0.1, 0.15) is 6.61 Å². The average Bonchev–Trinajstić information content (AvgIpc) is 2.52. The fraction of sp³-hybridized carbons (Fsp3) is 0.550. The number of hydrogen-bond acceptors (Lipinski definition) is 2. The molecule has 0 radical (unpaired) electrons. The zero-order valence-electron chi connectivity index (χ0n) is 13.9. The molecule has 3 atom stereocenters. The van der Waals surface area contributed by atoms with Crippen molar-refractivity contribution in [1.29, 1.82) is 0 Å². The Bertz CT molecular complexity index is 601. The van der Waals surface area contributed by atoms with Crippen molar-refractivity contribution < 1.29 is 9.53 Å². The molecular weight excluding hydrogens is 272 g/mol. The van der Waals surface area contributed by atoms with E-state index >= 15 is 0 Å². The highest BCUT2D eigenvalue weighted by molar-refractivity contribution is 5.81. The Morgan fingerprint density at radius 2 is 2.09 bits per heavy atom. The number of rotatable bonds is 4. The van der Waals surface area contributed by atoms with Crippen LogP contribution in [0.3, 0.4) is 0 Å². The third-order valence-electron chi connectivity index (χ3n) is 6.56. The van der Waals surface area contributed by atoms with Gasteiger partial charge in [-0.15, -0.1) is 0 Å². The van der Waals surface area contributed by atoms with Crippen molar-refractivity contribution in [3.63, 3.8) is 0 Å². The maximum absolute atomic E-state index is 11.4. The molecule has 4 rings (SSSR count). The maximum Gasteiger partial charge on any atom is 0.330 e. The molecule has 3 saturated carbocycles. The predicted octanol–water partition coefficient (Wildman–Crippen LogP) is 4.63. The first-order valence-corrected chi connectivity index (χ1v) is 8.31. The van der Waals surface area contributed by atoms with Crippen LogP contribution in [0.25, 0.3) is 0 Å². The number of hydrogen-bond donors (Lipinski definition) is 0. The summed E-state index contributed by atoms with van der Waals surface area (Å²) in [7, 11) is 0. The lowest BCUT2D eigenvalue weighted by molar-refractivity contribution is -0.140. The van der Waals surface area contributed by atoms with Crippen LogP contribution in [0.5, 0.6) is 0 Å². The van der Waals surface area contributed by atoms with Crippen molar-refractivity contribution in [2.24, 2.45) is 17.3 Å². The van der Waals surface area contributed by atoms with E-state index in [-0.39, 0.29) is 11.4 Å². The highest BCUT2D eigenvalue weighted by Gasteiger charge is 2.65. The van der Waals surface area contributed by atoms with Gasteiger partial charge in [-0.3, -0.25) is 0 Å². The molecule has 3 aliphatic rings. The van der Waals surface area contributed by atoms with Crippen LogP contribution < -0.4 is 0 Å². The lowest BCUT2D eigenvalue weighted by Gasteiger charge is -2.69. The molecule has 0 aliphatic heterocycles. The molecule has 0 amide bonds. The van der Waals surface area contributed by atoms with Gasteiger partial charge in [0, 0.05) is 11.5 Å². The third kappa shape index (κ3) is 1.96. The van der Waals surface area contributed by atoms with Crippen molar-refractivity contribution in [3.8, 4) is 0 Å². The molecule has 2 bridgehead atoms. The minimum atomic E-state index is -0.352. The van der Waals surface area contributed by atoms with E-state index in [4.69, 9.17) is 4.74 Å². The topological polar surface area (TPSA) is 26.3 Å².